The van der Waals surface area contributed by atoms with Gasteiger partial charge in [0, 0.05) is 12.6 Å². The Kier molecular flexibility index (Phi) is 4.36. The maximum Gasteiger partial charge on any atom is 0.416 e. The Bertz CT molecular complexity index is 454. The molecule has 1 aliphatic rings. The highest BCUT2D eigenvalue weighted by molar-refractivity contribution is 5.34. The molecule has 1 aromatic carbocycles. The van der Waals surface area contributed by atoms with Crippen LogP contribution in [0.3, 0.4) is 0 Å². The first kappa shape index (κ1) is 15.3. The van der Waals surface area contributed by atoms with E-state index in [0.29, 0.717) is 19.8 Å². The largest absolute Gasteiger partial charge is 0.416 e. The molecule has 6 heteroatoms. The van der Waals surface area contributed by atoms with Crippen LogP contribution in [0.25, 0.3) is 0 Å². The van der Waals surface area contributed by atoms with Crippen molar-refractivity contribution in [1.29, 1.82) is 0 Å². The highest BCUT2D eigenvalue weighted by Gasteiger charge is 2.39. The summed E-state index contributed by atoms with van der Waals surface area (Å²) in [6, 6.07) is 5.00. The minimum atomic E-state index is -4.48. The summed E-state index contributed by atoms with van der Waals surface area (Å²) in [4.78, 5) is 0. The van der Waals surface area contributed by atoms with Crippen LogP contribution in [-0.4, -0.2) is 30.9 Å². The van der Waals surface area contributed by atoms with Crippen molar-refractivity contribution in [2.75, 3.05) is 19.8 Å². The number of hydrogen-bond acceptors (Lipinski definition) is 3. The zero-order valence-electron chi connectivity index (χ0n) is 11.2. The number of hydrogen-bond donors (Lipinski definition) is 2. The average Bonchev–Trinajstić information content (AvgIpc) is 2.38. The second-order valence-corrected chi connectivity index (χ2v) is 5.25. The predicted molar refractivity (Wildman–Crippen MR) is 68.2 cm³/mol. The fraction of sp³-hybridized carbons (Fsp3) is 0.571. The van der Waals surface area contributed by atoms with Crippen LogP contribution in [0.15, 0.2) is 24.3 Å². The zero-order valence-corrected chi connectivity index (χ0v) is 11.2. The minimum Gasteiger partial charge on any atom is -0.385 e. The van der Waals surface area contributed by atoms with Crippen molar-refractivity contribution in [3.8, 4) is 0 Å². The lowest BCUT2D eigenvalue weighted by atomic mass is 9.85. The van der Waals surface area contributed by atoms with Crippen molar-refractivity contribution in [3.63, 3.8) is 0 Å². The molecule has 1 aliphatic heterocycles. The van der Waals surface area contributed by atoms with Crippen molar-refractivity contribution >= 4 is 0 Å². The van der Waals surface area contributed by atoms with Gasteiger partial charge >= 0.3 is 6.18 Å². The zero-order chi connectivity index (χ0) is 14.8. The van der Waals surface area contributed by atoms with E-state index in [1.165, 1.54) is 25.1 Å². The van der Waals surface area contributed by atoms with Crippen molar-refractivity contribution in [3.05, 3.63) is 35.4 Å². The molecular formula is C14H18F3NO2. The van der Waals surface area contributed by atoms with E-state index in [1.807, 2.05) is 0 Å². The molecule has 2 N–H and O–H groups in total. The molecule has 2 unspecified atom stereocenters. The first-order valence-electron chi connectivity index (χ1n) is 6.51. The van der Waals surface area contributed by atoms with Crippen molar-refractivity contribution < 1.29 is 23.0 Å². The topological polar surface area (TPSA) is 41.5 Å². The highest BCUT2D eigenvalue weighted by Crippen LogP contribution is 2.38. The summed E-state index contributed by atoms with van der Waals surface area (Å²) < 4.78 is 44.3. The predicted octanol–water partition coefficient (Wildman–Crippen LogP) is 2.29. The molecule has 0 saturated carbocycles. The van der Waals surface area contributed by atoms with E-state index in [4.69, 9.17) is 4.74 Å². The molecule has 0 spiro atoms. The quantitative estimate of drug-likeness (QED) is 0.897. The molecule has 0 aliphatic carbocycles. The van der Waals surface area contributed by atoms with Crippen molar-refractivity contribution in [1.82, 2.24) is 5.32 Å². The standard InChI is InChI=1S/C14H18F3NO2/c1-13(19,8-10-9-20-7-6-18-10)11-4-2-3-5-12(11)14(15,16)17/h2-5,10,18-19H,6-9H2,1H3. The summed E-state index contributed by atoms with van der Waals surface area (Å²) in [6.07, 6.45) is -4.31. The highest BCUT2D eigenvalue weighted by atomic mass is 19.4. The van der Waals surface area contributed by atoms with Crippen LogP contribution >= 0.6 is 0 Å². The molecule has 3 nitrogen and oxygen atoms in total. The maximum absolute atomic E-state index is 13.0. The third kappa shape index (κ3) is 3.50. The van der Waals surface area contributed by atoms with Crippen molar-refractivity contribution in [2.24, 2.45) is 0 Å². The third-order valence-electron chi connectivity index (χ3n) is 3.46. The molecule has 0 bridgehead atoms. The maximum atomic E-state index is 13.0. The van der Waals surface area contributed by atoms with Gasteiger partial charge in [-0.3, -0.25) is 0 Å². The fourth-order valence-electron chi connectivity index (χ4n) is 2.54. The number of rotatable bonds is 3. The number of benzene rings is 1. The number of aliphatic hydroxyl groups is 1. The van der Waals surface area contributed by atoms with E-state index in [-0.39, 0.29) is 18.0 Å². The van der Waals surface area contributed by atoms with Gasteiger partial charge < -0.3 is 15.2 Å². The Morgan fingerprint density at radius 2 is 1.95 bits per heavy atom. The molecule has 2 atom stereocenters. The van der Waals surface area contributed by atoms with Crippen LogP contribution in [0.5, 0.6) is 0 Å². The molecule has 0 radical (unpaired) electrons. The Morgan fingerprint density at radius 1 is 1.30 bits per heavy atom. The van der Waals surface area contributed by atoms with Crippen molar-refractivity contribution in [2.45, 2.75) is 31.2 Å². The Labute approximate surface area is 115 Å². The van der Waals surface area contributed by atoms with Gasteiger partial charge in [0.2, 0.25) is 0 Å². The molecule has 20 heavy (non-hydrogen) atoms. The lowest BCUT2D eigenvalue weighted by Crippen LogP contribution is -2.45. The Hall–Kier alpha value is -1.11. The number of alkyl halides is 3. The molecule has 1 heterocycles. The Balaban J connectivity index is 2.24. The normalized spacial score (nSPS) is 23.4. The first-order valence-corrected chi connectivity index (χ1v) is 6.51. The van der Waals surface area contributed by atoms with Crippen LogP contribution in [-0.2, 0) is 16.5 Å². The van der Waals surface area contributed by atoms with Crippen LogP contribution in [0, 0.1) is 0 Å². The SMILES string of the molecule is CC(O)(CC1COCCN1)c1ccccc1C(F)(F)F. The second-order valence-electron chi connectivity index (χ2n) is 5.25. The molecule has 1 saturated heterocycles. The van der Waals surface area contributed by atoms with Gasteiger partial charge in [-0.15, -0.1) is 0 Å². The minimum absolute atomic E-state index is 0.0973. The van der Waals surface area contributed by atoms with E-state index in [2.05, 4.69) is 5.32 Å². The summed E-state index contributed by atoms with van der Waals surface area (Å²) in [5.41, 5.74) is -2.45. The van der Waals surface area contributed by atoms with E-state index < -0.39 is 17.3 Å². The van der Waals surface area contributed by atoms with E-state index in [9.17, 15) is 18.3 Å². The van der Waals surface area contributed by atoms with Gasteiger partial charge in [0.25, 0.3) is 0 Å². The number of morpholine rings is 1. The molecule has 1 aromatic rings. The van der Waals surface area contributed by atoms with Gasteiger partial charge in [-0.2, -0.15) is 13.2 Å². The third-order valence-corrected chi connectivity index (χ3v) is 3.46. The molecule has 2 rings (SSSR count). The second kappa shape index (κ2) is 5.71. The van der Waals surface area contributed by atoms with E-state index >= 15 is 0 Å². The van der Waals surface area contributed by atoms with Crippen LogP contribution in [0.2, 0.25) is 0 Å². The fourth-order valence-corrected chi connectivity index (χ4v) is 2.54. The number of halogens is 3. The molecule has 1 fully saturated rings. The van der Waals surface area contributed by atoms with Gasteiger partial charge in [-0.1, -0.05) is 18.2 Å². The van der Waals surface area contributed by atoms with E-state index in [0.717, 1.165) is 6.07 Å². The van der Waals surface area contributed by atoms with E-state index in [1.54, 1.807) is 0 Å². The number of nitrogens with one attached hydrogen (secondary N) is 1. The van der Waals surface area contributed by atoms with Crippen LogP contribution in [0.1, 0.15) is 24.5 Å². The average molecular weight is 289 g/mol. The first-order chi connectivity index (χ1) is 9.31. The molecule has 0 amide bonds. The van der Waals surface area contributed by atoms with Gasteiger partial charge in [-0.25, -0.2) is 0 Å². The van der Waals surface area contributed by atoms with Gasteiger partial charge in [0.05, 0.1) is 24.4 Å². The Morgan fingerprint density at radius 3 is 2.50 bits per heavy atom. The summed E-state index contributed by atoms with van der Waals surface area (Å²) >= 11 is 0. The molecular weight excluding hydrogens is 271 g/mol. The monoisotopic (exact) mass is 289 g/mol. The lowest BCUT2D eigenvalue weighted by Gasteiger charge is -2.33. The lowest BCUT2D eigenvalue weighted by molar-refractivity contribution is -0.140. The molecule has 0 aromatic heterocycles. The smallest absolute Gasteiger partial charge is 0.385 e. The number of ether oxygens (including phenoxy) is 1. The van der Waals surface area contributed by atoms with Gasteiger partial charge in [0.15, 0.2) is 0 Å². The van der Waals surface area contributed by atoms with Crippen LogP contribution < -0.4 is 5.32 Å². The summed E-state index contributed by atoms with van der Waals surface area (Å²) in [5.74, 6) is 0. The summed E-state index contributed by atoms with van der Waals surface area (Å²) in [6.45, 7) is 3.03. The van der Waals surface area contributed by atoms with Gasteiger partial charge in [-0.05, 0) is 25.0 Å². The van der Waals surface area contributed by atoms with Crippen LogP contribution in [0.4, 0.5) is 13.2 Å². The van der Waals surface area contributed by atoms with Gasteiger partial charge in [0.1, 0.15) is 0 Å². The summed E-state index contributed by atoms with van der Waals surface area (Å²) in [7, 11) is 0. The summed E-state index contributed by atoms with van der Waals surface area (Å²) in [5, 5.41) is 13.6. The molecule has 112 valence electrons.